The molecular weight excluding hydrogens is 308 g/mol. The van der Waals surface area contributed by atoms with E-state index < -0.39 is 0 Å². The summed E-state index contributed by atoms with van der Waals surface area (Å²) in [6, 6.07) is 6.54. The van der Waals surface area contributed by atoms with Gasteiger partial charge in [-0.1, -0.05) is 47.9 Å². The van der Waals surface area contributed by atoms with Crippen molar-refractivity contribution in [1.82, 2.24) is 0 Å². The predicted molar refractivity (Wildman–Crippen MR) is 85.1 cm³/mol. The van der Waals surface area contributed by atoms with Gasteiger partial charge in [0.1, 0.15) is 4.99 Å². The summed E-state index contributed by atoms with van der Waals surface area (Å²) in [4.78, 5) is 0.452. The van der Waals surface area contributed by atoms with Crippen LogP contribution in [0, 0.1) is 5.92 Å². The lowest BCUT2D eigenvalue weighted by Crippen LogP contribution is -2.31. The summed E-state index contributed by atoms with van der Waals surface area (Å²) in [6.45, 7) is 2.31. The largest absolute Gasteiger partial charge is 0.389 e. The van der Waals surface area contributed by atoms with E-state index >= 15 is 0 Å². The Morgan fingerprint density at radius 2 is 2.11 bits per heavy atom. The summed E-state index contributed by atoms with van der Waals surface area (Å²) < 4.78 is 1.05. The Hall–Kier alpha value is -0.610. The highest BCUT2D eigenvalue weighted by Crippen LogP contribution is 2.29. The molecular formula is C14H19BrN2S. The molecule has 1 aliphatic rings. The van der Waals surface area contributed by atoms with Crippen molar-refractivity contribution in [1.29, 1.82) is 0 Å². The molecule has 2 atom stereocenters. The van der Waals surface area contributed by atoms with Crippen LogP contribution in [0.1, 0.15) is 38.2 Å². The van der Waals surface area contributed by atoms with Crippen molar-refractivity contribution < 1.29 is 0 Å². The second-order valence-corrected chi connectivity index (χ2v) is 6.42. The highest BCUT2D eigenvalue weighted by Gasteiger charge is 2.22. The first-order valence-electron chi connectivity index (χ1n) is 6.44. The van der Waals surface area contributed by atoms with Gasteiger partial charge < -0.3 is 11.1 Å². The normalized spacial score (nSPS) is 23.7. The van der Waals surface area contributed by atoms with Crippen LogP contribution >= 0.6 is 28.1 Å². The third-order valence-corrected chi connectivity index (χ3v) is 4.41. The van der Waals surface area contributed by atoms with Gasteiger partial charge in [0.2, 0.25) is 0 Å². The molecule has 1 aromatic carbocycles. The van der Waals surface area contributed by atoms with Crippen LogP contribution in [0.5, 0.6) is 0 Å². The Morgan fingerprint density at radius 3 is 2.78 bits per heavy atom. The van der Waals surface area contributed by atoms with Crippen molar-refractivity contribution >= 4 is 38.8 Å². The average Bonchev–Trinajstić information content (AvgIpc) is 2.32. The fraction of sp³-hybridized carbons (Fsp3) is 0.500. The van der Waals surface area contributed by atoms with Crippen LogP contribution in [0.2, 0.25) is 0 Å². The van der Waals surface area contributed by atoms with Gasteiger partial charge in [-0.15, -0.1) is 0 Å². The van der Waals surface area contributed by atoms with Crippen molar-refractivity contribution in [2.24, 2.45) is 11.7 Å². The van der Waals surface area contributed by atoms with Gasteiger partial charge in [-0.05, 0) is 37.0 Å². The van der Waals surface area contributed by atoms with Crippen molar-refractivity contribution in [2.75, 3.05) is 5.32 Å². The average molecular weight is 327 g/mol. The van der Waals surface area contributed by atoms with Gasteiger partial charge in [0.15, 0.2) is 0 Å². The second-order valence-electron chi connectivity index (χ2n) is 5.07. The van der Waals surface area contributed by atoms with Crippen LogP contribution in [0.15, 0.2) is 22.7 Å². The van der Waals surface area contributed by atoms with E-state index in [4.69, 9.17) is 18.0 Å². The summed E-state index contributed by atoms with van der Waals surface area (Å²) in [5.41, 5.74) is 7.77. The monoisotopic (exact) mass is 326 g/mol. The summed E-state index contributed by atoms with van der Waals surface area (Å²) in [5.74, 6) is 0.705. The van der Waals surface area contributed by atoms with Gasteiger partial charge in [0.05, 0.1) is 0 Å². The zero-order chi connectivity index (χ0) is 13.1. The van der Waals surface area contributed by atoms with Crippen LogP contribution in [0.25, 0.3) is 0 Å². The molecule has 0 aliphatic heterocycles. The fourth-order valence-corrected chi connectivity index (χ4v) is 3.12. The standard InChI is InChI=1S/C14H19BrN2S/c1-9-4-2-3-5-12(9)17-13-8-10(15)6-7-11(13)14(16)18/h6-9,12,17H,2-5H2,1H3,(H2,16,18). The summed E-state index contributed by atoms with van der Waals surface area (Å²) >= 11 is 8.61. The number of nitrogens with two attached hydrogens (primary N) is 1. The van der Waals surface area contributed by atoms with Crippen molar-refractivity contribution in [3.05, 3.63) is 28.2 Å². The van der Waals surface area contributed by atoms with Crippen molar-refractivity contribution in [2.45, 2.75) is 38.6 Å². The van der Waals surface area contributed by atoms with Crippen LogP contribution in [0.4, 0.5) is 5.69 Å². The first-order chi connectivity index (χ1) is 8.58. The number of halogens is 1. The van der Waals surface area contributed by atoms with E-state index in [2.05, 4.69) is 34.2 Å². The third-order valence-electron chi connectivity index (χ3n) is 3.70. The molecule has 2 rings (SSSR count). The molecule has 0 amide bonds. The zero-order valence-electron chi connectivity index (χ0n) is 10.6. The molecule has 3 N–H and O–H groups in total. The number of anilines is 1. The minimum Gasteiger partial charge on any atom is -0.389 e. The smallest absolute Gasteiger partial charge is 0.106 e. The molecule has 0 spiro atoms. The third kappa shape index (κ3) is 3.23. The molecule has 2 nitrogen and oxygen atoms in total. The highest BCUT2D eigenvalue weighted by atomic mass is 79.9. The van der Waals surface area contributed by atoms with Crippen molar-refractivity contribution in [3.63, 3.8) is 0 Å². The summed E-state index contributed by atoms with van der Waals surface area (Å²) in [5, 5.41) is 3.62. The van der Waals surface area contributed by atoms with E-state index in [0.717, 1.165) is 15.7 Å². The van der Waals surface area contributed by atoms with Gasteiger partial charge in [-0.25, -0.2) is 0 Å². The summed E-state index contributed by atoms with van der Waals surface area (Å²) in [6.07, 6.45) is 5.18. The molecule has 1 saturated carbocycles. The second kappa shape index (κ2) is 6.02. The molecule has 4 heteroatoms. The van der Waals surface area contributed by atoms with E-state index in [-0.39, 0.29) is 0 Å². The number of hydrogen-bond donors (Lipinski definition) is 2. The molecule has 98 valence electrons. The fourth-order valence-electron chi connectivity index (χ4n) is 2.58. The lowest BCUT2D eigenvalue weighted by molar-refractivity contribution is 0.349. The van der Waals surface area contributed by atoms with Gasteiger partial charge in [-0.3, -0.25) is 0 Å². The number of hydrogen-bond acceptors (Lipinski definition) is 2. The highest BCUT2D eigenvalue weighted by molar-refractivity contribution is 9.10. The quantitative estimate of drug-likeness (QED) is 0.822. The Morgan fingerprint density at radius 1 is 1.39 bits per heavy atom. The molecule has 0 saturated heterocycles. The first-order valence-corrected chi connectivity index (χ1v) is 7.64. The maximum Gasteiger partial charge on any atom is 0.106 e. The molecule has 0 radical (unpaired) electrons. The Labute approximate surface area is 122 Å². The lowest BCUT2D eigenvalue weighted by atomic mass is 9.85. The number of nitrogens with one attached hydrogen (secondary N) is 1. The SMILES string of the molecule is CC1CCCCC1Nc1cc(Br)ccc1C(N)=S. The van der Waals surface area contributed by atoms with Crippen LogP contribution in [-0.2, 0) is 0 Å². The van der Waals surface area contributed by atoms with E-state index in [1.807, 2.05) is 12.1 Å². The van der Waals surface area contributed by atoms with Gasteiger partial charge in [-0.2, -0.15) is 0 Å². The molecule has 0 bridgehead atoms. The minimum absolute atomic E-state index is 0.452. The van der Waals surface area contributed by atoms with E-state index in [1.165, 1.54) is 25.7 Å². The molecule has 1 aromatic rings. The first kappa shape index (κ1) is 13.8. The number of rotatable bonds is 3. The molecule has 2 unspecified atom stereocenters. The lowest BCUT2D eigenvalue weighted by Gasteiger charge is -2.31. The van der Waals surface area contributed by atoms with Gasteiger partial charge >= 0.3 is 0 Å². The molecule has 0 aromatic heterocycles. The topological polar surface area (TPSA) is 38.0 Å². The Balaban J connectivity index is 2.21. The van der Waals surface area contributed by atoms with Gasteiger partial charge in [0.25, 0.3) is 0 Å². The Kier molecular flexibility index (Phi) is 4.62. The number of benzene rings is 1. The van der Waals surface area contributed by atoms with E-state index in [0.29, 0.717) is 16.9 Å². The van der Waals surface area contributed by atoms with E-state index in [1.54, 1.807) is 0 Å². The Bertz CT molecular complexity index is 447. The van der Waals surface area contributed by atoms with Crippen LogP contribution < -0.4 is 11.1 Å². The maximum atomic E-state index is 5.78. The van der Waals surface area contributed by atoms with Gasteiger partial charge in [0, 0.05) is 21.8 Å². The van der Waals surface area contributed by atoms with Crippen molar-refractivity contribution in [3.8, 4) is 0 Å². The number of thiocarbonyl (C=S) groups is 1. The molecule has 1 aliphatic carbocycles. The molecule has 18 heavy (non-hydrogen) atoms. The summed E-state index contributed by atoms with van der Waals surface area (Å²) in [7, 11) is 0. The van der Waals surface area contributed by atoms with E-state index in [9.17, 15) is 0 Å². The zero-order valence-corrected chi connectivity index (χ0v) is 13.0. The van der Waals surface area contributed by atoms with Crippen LogP contribution in [0.3, 0.4) is 0 Å². The minimum atomic E-state index is 0.452. The van der Waals surface area contributed by atoms with Crippen LogP contribution in [-0.4, -0.2) is 11.0 Å². The maximum absolute atomic E-state index is 5.78. The predicted octanol–water partition coefficient (Wildman–Crippen LogP) is 4.07. The molecule has 0 heterocycles. The molecule has 1 fully saturated rings.